The van der Waals surface area contributed by atoms with E-state index in [-0.39, 0.29) is 31.5 Å². The summed E-state index contributed by atoms with van der Waals surface area (Å²) in [6.07, 6.45) is 0.482. The third kappa shape index (κ3) is 5.77. The molecule has 0 spiro atoms. The van der Waals surface area contributed by atoms with Crippen molar-refractivity contribution in [1.29, 1.82) is 0 Å². The molecule has 0 aromatic heterocycles. The van der Waals surface area contributed by atoms with Crippen LogP contribution in [-0.2, 0) is 20.9 Å². The number of nitrogens with one attached hydrogen (secondary N) is 2. The summed E-state index contributed by atoms with van der Waals surface area (Å²) in [5.74, 6) is -1.43. The molecule has 3 N–H and O–H groups in total. The largest absolute Gasteiger partial charge is 0.481 e. The maximum atomic E-state index is 13.8. The fourth-order valence-electron chi connectivity index (χ4n) is 6.34. The van der Waals surface area contributed by atoms with Crippen LogP contribution >= 0.6 is 0 Å². The fraction of sp³-hybridized carbons (Fsp3) is 0.382. The highest BCUT2D eigenvalue weighted by atomic mass is 16.5. The third-order valence-corrected chi connectivity index (χ3v) is 9.11. The number of carboxylic acids is 1. The number of aliphatic carboxylic acids is 1. The minimum atomic E-state index is -1.25. The minimum absolute atomic E-state index is 0.0129. The van der Waals surface area contributed by atoms with Crippen LogP contribution in [-0.4, -0.2) is 59.8 Å². The van der Waals surface area contributed by atoms with Crippen molar-refractivity contribution in [1.82, 2.24) is 15.5 Å². The Labute approximate surface area is 247 Å². The van der Waals surface area contributed by atoms with Crippen LogP contribution in [0.3, 0.4) is 0 Å². The van der Waals surface area contributed by atoms with Crippen LogP contribution < -0.4 is 10.6 Å². The van der Waals surface area contributed by atoms with Crippen molar-refractivity contribution in [2.45, 2.75) is 51.1 Å². The lowest BCUT2D eigenvalue weighted by Gasteiger charge is -2.32. The minimum Gasteiger partial charge on any atom is -0.481 e. The fourth-order valence-corrected chi connectivity index (χ4v) is 6.34. The normalized spacial score (nSPS) is 18.2. The zero-order valence-corrected chi connectivity index (χ0v) is 24.3. The Morgan fingerprint density at radius 3 is 2.12 bits per heavy atom. The summed E-state index contributed by atoms with van der Waals surface area (Å²) in [5, 5.41) is 15.7. The number of amides is 2. The molecule has 8 nitrogen and oxygen atoms in total. The van der Waals surface area contributed by atoms with E-state index in [1.165, 1.54) is 0 Å². The lowest BCUT2D eigenvalue weighted by Crippen LogP contribution is -2.61. The Morgan fingerprint density at radius 1 is 0.929 bits per heavy atom. The zero-order valence-electron chi connectivity index (χ0n) is 24.3. The highest BCUT2D eigenvalue weighted by Gasteiger charge is 2.47. The number of carboxylic acid groups (broad SMARTS) is 1. The molecule has 3 aromatic rings. The van der Waals surface area contributed by atoms with Crippen molar-refractivity contribution in [3.8, 4) is 11.1 Å². The van der Waals surface area contributed by atoms with E-state index in [1.807, 2.05) is 68.4 Å². The molecular formula is C34H39N3O5. The van der Waals surface area contributed by atoms with Gasteiger partial charge in [0.25, 0.3) is 0 Å². The highest BCUT2D eigenvalue weighted by Crippen LogP contribution is 2.44. The summed E-state index contributed by atoms with van der Waals surface area (Å²) in [6.45, 7) is 5.26. The maximum Gasteiger partial charge on any atom is 0.408 e. The van der Waals surface area contributed by atoms with Gasteiger partial charge in [-0.05, 0) is 47.1 Å². The van der Waals surface area contributed by atoms with Crippen molar-refractivity contribution in [3.05, 3.63) is 95.6 Å². The van der Waals surface area contributed by atoms with Gasteiger partial charge in [-0.3, -0.25) is 14.5 Å². The van der Waals surface area contributed by atoms with Crippen LogP contribution in [0.1, 0.15) is 55.7 Å². The molecule has 220 valence electrons. The zero-order chi connectivity index (χ0) is 29.7. The number of benzene rings is 3. The number of likely N-dealkylation sites (tertiary alicyclic amines) is 1. The Balaban J connectivity index is 1.31. The van der Waals surface area contributed by atoms with Gasteiger partial charge in [0.2, 0.25) is 5.91 Å². The van der Waals surface area contributed by atoms with Crippen molar-refractivity contribution in [2.75, 3.05) is 26.2 Å². The summed E-state index contributed by atoms with van der Waals surface area (Å²) < 4.78 is 5.81. The van der Waals surface area contributed by atoms with E-state index in [4.69, 9.17) is 4.74 Å². The molecule has 0 bridgehead atoms. The standard InChI is InChI=1S/C34H39N3O5/c1-3-33(4-2,31(39)40)22-35-30(38)34(18-19-37(23-34)20-24-12-6-5-7-13-24)36-32(41)42-21-29-27-16-10-8-14-25(27)26-15-9-11-17-28(26)29/h5-17,29H,3-4,18-23H2,1-2H3,(H,35,38)(H,36,41)(H,39,40). The second-order valence-corrected chi connectivity index (χ2v) is 11.5. The molecule has 1 fully saturated rings. The van der Waals surface area contributed by atoms with Gasteiger partial charge in [-0.25, -0.2) is 4.79 Å². The molecular weight excluding hydrogens is 530 g/mol. The van der Waals surface area contributed by atoms with E-state index in [0.29, 0.717) is 32.4 Å². The number of hydrogen-bond donors (Lipinski definition) is 3. The smallest absolute Gasteiger partial charge is 0.408 e. The van der Waals surface area contributed by atoms with Gasteiger partial charge in [-0.2, -0.15) is 0 Å². The predicted octanol–water partition coefficient (Wildman–Crippen LogP) is 5.18. The van der Waals surface area contributed by atoms with E-state index in [1.54, 1.807) is 0 Å². The van der Waals surface area contributed by atoms with E-state index >= 15 is 0 Å². The number of nitrogens with zero attached hydrogens (tertiary/aromatic N) is 1. The summed E-state index contributed by atoms with van der Waals surface area (Å²) >= 11 is 0. The highest BCUT2D eigenvalue weighted by molar-refractivity contribution is 5.91. The number of fused-ring (bicyclic) bond motifs is 3. The van der Waals surface area contributed by atoms with Gasteiger partial charge >= 0.3 is 12.1 Å². The predicted molar refractivity (Wildman–Crippen MR) is 161 cm³/mol. The van der Waals surface area contributed by atoms with Gasteiger partial charge in [0.05, 0.1) is 5.41 Å². The molecule has 8 heteroatoms. The maximum absolute atomic E-state index is 13.8. The Kier molecular flexibility index (Phi) is 8.64. The first-order valence-electron chi connectivity index (χ1n) is 14.7. The van der Waals surface area contributed by atoms with Gasteiger partial charge in [0.15, 0.2) is 0 Å². The number of ether oxygens (including phenoxy) is 1. The first-order chi connectivity index (χ1) is 20.3. The van der Waals surface area contributed by atoms with Crippen LogP contribution in [0, 0.1) is 5.41 Å². The molecule has 3 aromatic carbocycles. The third-order valence-electron chi connectivity index (χ3n) is 9.11. The molecule has 42 heavy (non-hydrogen) atoms. The molecule has 0 saturated carbocycles. The average molecular weight is 570 g/mol. The van der Waals surface area contributed by atoms with Gasteiger partial charge in [0, 0.05) is 32.1 Å². The summed E-state index contributed by atoms with van der Waals surface area (Å²) in [6, 6.07) is 26.2. The molecule has 1 aliphatic carbocycles. The van der Waals surface area contributed by atoms with Crippen LogP contribution in [0.25, 0.3) is 11.1 Å². The Morgan fingerprint density at radius 2 is 1.52 bits per heavy atom. The molecule has 2 amide bonds. The van der Waals surface area contributed by atoms with Crippen LogP contribution in [0.2, 0.25) is 0 Å². The molecule has 0 radical (unpaired) electrons. The summed E-state index contributed by atoms with van der Waals surface area (Å²) in [7, 11) is 0. The summed E-state index contributed by atoms with van der Waals surface area (Å²) in [5.41, 5.74) is 3.29. The van der Waals surface area contributed by atoms with E-state index in [0.717, 1.165) is 27.8 Å². The lowest BCUT2D eigenvalue weighted by molar-refractivity contribution is -0.149. The second-order valence-electron chi connectivity index (χ2n) is 11.5. The quantitative estimate of drug-likeness (QED) is 0.294. The van der Waals surface area contributed by atoms with Crippen molar-refractivity contribution in [2.24, 2.45) is 5.41 Å². The number of carbonyl (C=O) groups is 3. The first-order valence-corrected chi connectivity index (χ1v) is 14.7. The van der Waals surface area contributed by atoms with Crippen molar-refractivity contribution in [3.63, 3.8) is 0 Å². The average Bonchev–Trinajstić information content (AvgIpc) is 3.56. The number of hydrogen-bond acceptors (Lipinski definition) is 5. The molecule has 1 saturated heterocycles. The summed E-state index contributed by atoms with van der Waals surface area (Å²) in [4.78, 5) is 41.3. The second kappa shape index (κ2) is 12.4. The Hall–Kier alpha value is -4.17. The van der Waals surface area contributed by atoms with E-state index < -0.39 is 23.0 Å². The molecule has 1 heterocycles. The van der Waals surface area contributed by atoms with Gasteiger partial charge in [-0.15, -0.1) is 0 Å². The molecule has 1 atom stereocenters. The van der Waals surface area contributed by atoms with Gasteiger partial charge in [-0.1, -0.05) is 92.7 Å². The van der Waals surface area contributed by atoms with Crippen molar-refractivity contribution >= 4 is 18.0 Å². The van der Waals surface area contributed by atoms with Crippen LogP contribution in [0.4, 0.5) is 4.79 Å². The number of carbonyl (C=O) groups excluding carboxylic acids is 2. The van der Waals surface area contributed by atoms with Gasteiger partial charge in [0.1, 0.15) is 12.1 Å². The molecule has 2 aliphatic rings. The monoisotopic (exact) mass is 569 g/mol. The van der Waals surface area contributed by atoms with Crippen molar-refractivity contribution < 1.29 is 24.2 Å². The lowest BCUT2D eigenvalue weighted by atomic mass is 9.82. The topological polar surface area (TPSA) is 108 Å². The van der Waals surface area contributed by atoms with E-state index in [2.05, 4.69) is 39.8 Å². The number of rotatable bonds is 11. The SMILES string of the molecule is CCC(CC)(CNC(=O)C1(NC(=O)OCC2c3ccccc3-c3ccccc32)CCN(Cc2ccccc2)C1)C(=O)O. The van der Waals surface area contributed by atoms with Crippen LogP contribution in [0.5, 0.6) is 0 Å². The molecule has 1 aliphatic heterocycles. The molecule has 5 rings (SSSR count). The van der Waals surface area contributed by atoms with Crippen LogP contribution in [0.15, 0.2) is 78.9 Å². The van der Waals surface area contributed by atoms with Gasteiger partial charge < -0.3 is 20.5 Å². The number of alkyl carbamates (subject to hydrolysis) is 1. The van der Waals surface area contributed by atoms with E-state index in [9.17, 15) is 19.5 Å². The first kappa shape index (κ1) is 29.3. The Bertz CT molecular complexity index is 1390. The molecule has 1 unspecified atom stereocenters.